The van der Waals surface area contributed by atoms with E-state index in [1.165, 1.54) is 23.5 Å². The molecule has 5 heteroatoms. The summed E-state index contributed by atoms with van der Waals surface area (Å²) < 4.78 is 13.6. The monoisotopic (exact) mass is 312 g/mol. The summed E-state index contributed by atoms with van der Waals surface area (Å²) in [6.45, 7) is 0.322. The molecule has 0 bridgehead atoms. The molecule has 110 valence electrons. The van der Waals surface area contributed by atoms with Crippen LogP contribution in [0.3, 0.4) is 0 Å². The van der Waals surface area contributed by atoms with Crippen LogP contribution in [0.4, 0.5) is 4.39 Å². The number of nitrogens with one attached hydrogen (secondary N) is 1. The third-order valence-corrected chi connectivity index (χ3v) is 4.04. The van der Waals surface area contributed by atoms with Gasteiger partial charge in [0.15, 0.2) is 0 Å². The number of carbonyl (C=O) groups excluding carboxylic acids is 1. The van der Waals surface area contributed by atoms with Gasteiger partial charge in [-0.05, 0) is 17.7 Å². The van der Waals surface area contributed by atoms with Gasteiger partial charge in [-0.1, -0.05) is 36.4 Å². The number of aromatic nitrogens is 1. The second-order valence-electron chi connectivity index (χ2n) is 4.66. The molecule has 2 aromatic carbocycles. The first-order chi connectivity index (χ1) is 10.8. The molecule has 3 rings (SSSR count). The Balaban J connectivity index is 1.78. The minimum atomic E-state index is -0.520. The lowest BCUT2D eigenvalue weighted by Crippen LogP contribution is -2.24. The molecule has 22 heavy (non-hydrogen) atoms. The summed E-state index contributed by atoms with van der Waals surface area (Å²) >= 11 is 1.54. The van der Waals surface area contributed by atoms with Crippen LogP contribution in [0.25, 0.3) is 10.6 Å². The Morgan fingerprint density at radius 3 is 2.68 bits per heavy atom. The van der Waals surface area contributed by atoms with E-state index < -0.39 is 11.7 Å². The van der Waals surface area contributed by atoms with E-state index in [4.69, 9.17) is 0 Å². The summed E-state index contributed by atoms with van der Waals surface area (Å²) in [6, 6.07) is 13.7. The van der Waals surface area contributed by atoms with E-state index in [0.717, 1.165) is 16.1 Å². The molecule has 3 aromatic rings. The van der Waals surface area contributed by atoms with Gasteiger partial charge in [-0.2, -0.15) is 0 Å². The number of nitrogens with zero attached hydrogens (tertiary/aromatic N) is 1. The van der Waals surface area contributed by atoms with Crippen LogP contribution < -0.4 is 5.32 Å². The number of carbonyl (C=O) groups is 1. The molecule has 1 heterocycles. The van der Waals surface area contributed by atoms with Crippen molar-refractivity contribution in [2.75, 3.05) is 0 Å². The highest BCUT2D eigenvalue weighted by atomic mass is 32.1. The Morgan fingerprint density at radius 1 is 1.14 bits per heavy atom. The van der Waals surface area contributed by atoms with Crippen molar-refractivity contribution in [2.45, 2.75) is 6.54 Å². The molecule has 3 nitrogen and oxygen atoms in total. The Hall–Kier alpha value is -2.53. The highest BCUT2D eigenvalue weighted by Gasteiger charge is 2.12. The molecule has 0 spiro atoms. The SMILES string of the molecule is O=C(NCc1ccccc1-c1nccs1)c1ccccc1F. The number of amides is 1. The van der Waals surface area contributed by atoms with Gasteiger partial charge in [0.2, 0.25) is 0 Å². The van der Waals surface area contributed by atoms with E-state index in [2.05, 4.69) is 10.3 Å². The van der Waals surface area contributed by atoms with E-state index >= 15 is 0 Å². The predicted molar refractivity (Wildman–Crippen MR) is 85.1 cm³/mol. The predicted octanol–water partition coefficient (Wildman–Crippen LogP) is 3.88. The van der Waals surface area contributed by atoms with Crippen LogP contribution in [0.15, 0.2) is 60.1 Å². The highest BCUT2D eigenvalue weighted by Crippen LogP contribution is 2.25. The Bertz CT molecular complexity index is 787. The van der Waals surface area contributed by atoms with Gasteiger partial charge in [0.1, 0.15) is 10.8 Å². The standard InChI is InChI=1S/C17H13FN2OS/c18-15-8-4-3-7-14(15)16(21)20-11-12-5-1-2-6-13(12)17-19-9-10-22-17/h1-10H,11H2,(H,20,21). The van der Waals surface area contributed by atoms with Crippen molar-refractivity contribution < 1.29 is 9.18 Å². The zero-order valence-corrected chi connectivity index (χ0v) is 12.4. The lowest BCUT2D eigenvalue weighted by molar-refractivity contribution is 0.0947. The molecule has 1 N–H and O–H groups in total. The molecule has 1 aromatic heterocycles. The molecule has 1 amide bonds. The van der Waals surface area contributed by atoms with Crippen LogP contribution in [0.2, 0.25) is 0 Å². The maximum Gasteiger partial charge on any atom is 0.254 e. The van der Waals surface area contributed by atoms with Gasteiger partial charge in [-0.15, -0.1) is 11.3 Å². The minimum Gasteiger partial charge on any atom is -0.348 e. The minimum absolute atomic E-state index is 0.0502. The normalized spacial score (nSPS) is 10.4. The summed E-state index contributed by atoms with van der Waals surface area (Å²) in [5, 5.41) is 5.56. The van der Waals surface area contributed by atoms with Gasteiger partial charge in [-0.3, -0.25) is 4.79 Å². The van der Waals surface area contributed by atoms with Crippen LogP contribution >= 0.6 is 11.3 Å². The van der Waals surface area contributed by atoms with Gasteiger partial charge >= 0.3 is 0 Å². The summed E-state index contributed by atoms with van der Waals surface area (Å²) in [5.41, 5.74) is 1.97. The summed E-state index contributed by atoms with van der Waals surface area (Å²) in [4.78, 5) is 16.4. The van der Waals surface area contributed by atoms with Gasteiger partial charge in [0, 0.05) is 23.7 Å². The quantitative estimate of drug-likeness (QED) is 0.794. The lowest BCUT2D eigenvalue weighted by atomic mass is 10.1. The zero-order chi connectivity index (χ0) is 15.4. The first-order valence-corrected chi connectivity index (χ1v) is 7.64. The van der Waals surface area contributed by atoms with Crippen molar-refractivity contribution in [3.63, 3.8) is 0 Å². The molecule has 0 atom stereocenters. The summed E-state index contributed by atoms with van der Waals surface area (Å²) in [5.74, 6) is -0.944. The van der Waals surface area contributed by atoms with Crippen molar-refractivity contribution >= 4 is 17.2 Å². The van der Waals surface area contributed by atoms with Gasteiger partial charge in [0.05, 0.1) is 5.56 Å². The third kappa shape index (κ3) is 3.04. The van der Waals surface area contributed by atoms with Crippen LogP contribution in [0.1, 0.15) is 15.9 Å². The number of hydrogen-bond acceptors (Lipinski definition) is 3. The highest BCUT2D eigenvalue weighted by molar-refractivity contribution is 7.13. The molecule has 0 saturated heterocycles. The van der Waals surface area contributed by atoms with Gasteiger partial charge < -0.3 is 5.32 Å². The molecule has 0 aliphatic carbocycles. The van der Waals surface area contributed by atoms with E-state index in [0.29, 0.717) is 6.54 Å². The zero-order valence-electron chi connectivity index (χ0n) is 11.6. The second kappa shape index (κ2) is 6.49. The maximum atomic E-state index is 13.6. The van der Waals surface area contributed by atoms with Crippen LogP contribution in [-0.2, 0) is 6.54 Å². The fourth-order valence-corrected chi connectivity index (χ4v) is 2.85. The van der Waals surface area contributed by atoms with Gasteiger partial charge in [-0.25, -0.2) is 9.37 Å². The number of thiazole rings is 1. The number of hydrogen-bond donors (Lipinski definition) is 1. The fraction of sp³-hybridized carbons (Fsp3) is 0.0588. The van der Waals surface area contributed by atoms with Crippen molar-refractivity contribution in [1.82, 2.24) is 10.3 Å². The van der Waals surface area contributed by atoms with E-state index in [1.54, 1.807) is 18.3 Å². The third-order valence-electron chi connectivity index (χ3n) is 3.24. The number of halogens is 1. The fourth-order valence-electron chi connectivity index (χ4n) is 2.16. The Morgan fingerprint density at radius 2 is 1.91 bits per heavy atom. The molecule has 0 unspecified atom stereocenters. The second-order valence-corrected chi connectivity index (χ2v) is 5.55. The first kappa shape index (κ1) is 14.4. The van der Waals surface area contributed by atoms with Crippen molar-refractivity contribution in [1.29, 1.82) is 0 Å². The van der Waals surface area contributed by atoms with E-state index in [1.807, 2.05) is 29.6 Å². The molecule has 0 fully saturated rings. The van der Waals surface area contributed by atoms with Crippen molar-refractivity contribution in [2.24, 2.45) is 0 Å². The van der Waals surface area contributed by atoms with Crippen LogP contribution in [-0.4, -0.2) is 10.9 Å². The van der Waals surface area contributed by atoms with Crippen LogP contribution in [0, 0.1) is 5.82 Å². The maximum absolute atomic E-state index is 13.6. The number of rotatable bonds is 4. The Labute approximate surface area is 131 Å². The number of benzene rings is 2. The molecule has 0 aliphatic rings. The van der Waals surface area contributed by atoms with Crippen molar-refractivity contribution in [3.8, 4) is 10.6 Å². The average molecular weight is 312 g/mol. The first-order valence-electron chi connectivity index (χ1n) is 6.76. The average Bonchev–Trinajstić information content (AvgIpc) is 3.07. The van der Waals surface area contributed by atoms with E-state index in [9.17, 15) is 9.18 Å². The Kier molecular flexibility index (Phi) is 4.25. The smallest absolute Gasteiger partial charge is 0.254 e. The molecule has 0 saturated carbocycles. The molecule has 0 radical (unpaired) electrons. The lowest BCUT2D eigenvalue weighted by Gasteiger charge is -2.09. The van der Waals surface area contributed by atoms with Crippen molar-refractivity contribution in [3.05, 3.63) is 77.1 Å². The molecular weight excluding hydrogens is 299 g/mol. The summed E-state index contributed by atoms with van der Waals surface area (Å²) in [6.07, 6.45) is 1.74. The van der Waals surface area contributed by atoms with E-state index in [-0.39, 0.29) is 5.56 Å². The molecular formula is C17H13FN2OS. The largest absolute Gasteiger partial charge is 0.348 e. The van der Waals surface area contributed by atoms with Gasteiger partial charge in [0.25, 0.3) is 5.91 Å². The molecule has 0 aliphatic heterocycles. The summed E-state index contributed by atoms with van der Waals surface area (Å²) in [7, 11) is 0. The van der Waals surface area contributed by atoms with Crippen LogP contribution in [0.5, 0.6) is 0 Å². The topological polar surface area (TPSA) is 42.0 Å².